The maximum absolute atomic E-state index is 12.9. The van der Waals surface area contributed by atoms with Crippen LogP contribution in [0.5, 0.6) is 5.75 Å². The molecule has 1 heterocycles. The van der Waals surface area contributed by atoms with Crippen LogP contribution in [0, 0.1) is 19.3 Å². The summed E-state index contributed by atoms with van der Waals surface area (Å²) < 4.78 is 16.8. The molecule has 0 N–H and O–H groups in total. The minimum Gasteiger partial charge on any atom is -0.427 e. The van der Waals surface area contributed by atoms with Crippen molar-refractivity contribution in [3.63, 3.8) is 0 Å². The normalized spacial score (nSPS) is 11.5. The number of rotatable bonds is 8. The molecule has 0 saturated heterocycles. The van der Waals surface area contributed by atoms with Crippen LogP contribution in [0.25, 0.3) is 11.1 Å². The average molecular weight is 401 g/mol. The van der Waals surface area contributed by atoms with Crippen LogP contribution in [0.15, 0.2) is 33.5 Å². The molecule has 5 heteroatoms. The van der Waals surface area contributed by atoms with Gasteiger partial charge in [0.1, 0.15) is 17.1 Å². The van der Waals surface area contributed by atoms with Gasteiger partial charge in [-0.1, -0.05) is 37.1 Å². The molecular weight excluding hydrogens is 368 g/mol. The summed E-state index contributed by atoms with van der Waals surface area (Å²) in [6.07, 6.45) is 2.49. The molecule has 0 spiro atoms. The molecule has 5 nitrogen and oxygen atoms in total. The maximum atomic E-state index is 12.9. The number of aryl methyl sites for hydroxylation is 2. The van der Waals surface area contributed by atoms with Crippen LogP contribution in [0.3, 0.4) is 0 Å². The smallest absolute Gasteiger partial charge is 0.347 e. The molecule has 0 bridgehead atoms. The van der Waals surface area contributed by atoms with E-state index in [1.54, 1.807) is 26.8 Å². The van der Waals surface area contributed by atoms with Crippen LogP contribution < -0.4 is 10.4 Å². The predicted molar refractivity (Wildman–Crippen MR) is 114 cm³/mol. The number of hydrogen-bond acceptors (Lipinski definition) is 5. The Hall–Kier alpha value is -2.40. The second-order valence-corrected chi connectivity index (χ2v) is 8.41. The molecule has 1 aromatic carbocycles. The van der Waals surface area contributed by atoms with E-state index in [0.29, 0.717) is 31.0 Å². The molecule has 1 aromatic heterocycles. The summed E-state index contributed by atoms with van der Waals surface area (Å²) in [6.45, 7) is 12.5. The molecule has 158 valence electrons. The van der Waals surface area contributed by atoms with Crippen molar-refractivity contribution in [1.29, 1.82) is 0 Å². The molecule has 0 aliphatic heterocycles. The average Bonchev–Trinajstić information content (AvgIpc) is 2.62. The summed E-state index contributed by atoms with van der Waals surface area (Å²) in [5.74, 6) is 0.271. The van der Waals surface area contributed by atoms with Crippen LogP contribution in [0.2, 0.25) is 0 Å². The highest BCUT2D eigenvalue weighted by Crippen LogP contribution is 2.32. The zero-order chi connectivity index (χ0) is 21.6. The van der Waals surface area contributed by atoms with Gasteiger partial charge in [0.15, 0.2) is 0 Å². The van der Waals surface area contributed by atoms with Gasteiger partial charge in [-0.15, -0.1) is 0 Å². The van der Waals surface area contributed by atoms with E-state index in [9.17, 15) is 9.59 Å². The van der Waals surface area contributed by atoms with Crippen LogP contribution in [0.1, 0.15) is 57.4 Å². The quantitative estimate of drug-likeness (QED) is 0.448. The van der Waals surface area contributed by atoms with Crippen LogP contribution in [0.4, 0.5) is 0 Å². The van der Waals surface area contributed by atoms with Gasteiger partial charge in [-0.2, -0.15) is 0 Å². The van der Waals surface area contributed by atoms with Gasteiger partial charge in [0.25, 0.3) is 0 Å². The lowest BCUT2D eigenvalue weighted by atomic mass is 9.96. The van der Waals surface area contributed by atoms with Gasteiger partial charge >= 0.3 is 11.6 Å². The lowest BCUT2D eigenvalue weighted by molar-refractivity contribution is -0.142. The second kappa shape index (κ2) is 9.88. The number of unbranched alkanes of at least 4 members (excludes halogenated alkanes) is 1. The summed E-state index contributed by atoms with van der Waals surface area (Å²) in [6, 6.07) is 7.41. The maximum Gasteiger partial charge on any atom is 0.347 e. The van der Waals surface area contributed by atoms with Crippen molar-refractivity contribution in [3.05, 3.63) is 51.6 Å². The Morgan fingerprint density at radius 1 is 1.10 bits per heavy atom. The van der Waals surface area contributed by atoms with E-state index in [1.807, 2.05) is 32.0 Å². The van der Waals surface area contributed by atoms with Crippen molar-refractivity contribution in [2.45, 2.75) is 60.8 Å². The van der Waals surface area contributed by atoms with Gasteiger partial charge in [0, 0.05) is 19.1 Å². The molecule has 0 radical (unpaired) electrons. The van der Waals surface area contributed by atoms with E-state index >= 15 is 0 Å². The number of carbonyl (C=O) groups excluding carboxylic acids is 1. The summed E-state index contributed by atoms with van der Waals surface area (Å²) in [5.41, 5.74) is 1.77. The molecular formula is C24H32O5. The van der Waals surface area contributed by atoms with Crippen LogP contribution in [-0.2, 0) is 16.0 Å². The molecule has 0 saturated carbocycles. The minimum atomic E-state index is -0.695. The van der Waals surface area contributed by atoms with Gasteiger partial charge in [0.2, 0.25) is 0 Å². The molecule has 0 unspecified atom stereocenters. The highest BCUT2D eigenvalue weighted by Gasteiger charge is 2.27. The Bertz CT molecular complexity index is 902. The highest BCUT2D eigenvalue weighted by molar-refractivity contribution is 5.81. The zero-order valence-corrected chi connectivity index (χ0v) is 18.4. The number of esters is 1. The Labute approximate surface area is 173 Å². The molecule has 0 aliphatic carbocycles. The predicted octanol–water partition coefficient (Wildman–Crippen LogP) is 5.23. The van der Waals surface area contributed by atoms with Crippen LogP contribution in [-0.4, -0.2) is 19.2 Å². The molecule has 2 rings (SSSR count). The third-order valence-electron chi connectivity index (χ3n) is 4.57. The highest BCUT2D eigenvalue weighted by atomic mass is 16.5. The van der Waals surface area contributed by atoms with Crippen molar-refractivity contribution in [2.75, 3.05) is 13.2 Å². The first-order valence-corrected chi connectivity index (χ1v) is 10.2. The summed E-state index contributed by atoms with van der Waals surface area (Å²) in [4.78, 5) is 25.4. The number of benzene rings is 1. The van der Waals surface area contributed by atoms with E-state index in [1.165, 1.54) is 0 Å². The molecule has 2 aromatic rings. The first-order chi connectivity index (χ1) is 13.6. The van der Waals surface area contributed by atoms with Crippen molar-refractivity contribution in [3.8, 4) is 16.9 Å². The monoisotopic (exact) mass is 400 g/mol. The van der Waals surface area contributed by atoms with Crippen molar-refractivity contribution in [1.82, 2.24) is 0 Å². The largest absolute Gasteiger partial charge is 0.427 e. The molecule has 0 aliphatic rings. The van der Waals surface area contributed by atoms with E-state index in [4.69, 9.17) is 13.9 Å². The van der Waals surface area contributed by atoms with Gasteiger partial charge in [-0.25, -0.2) is 4.79 Å². The summed E-state index contributed by atoms with van der Waals surface area (Å²) in [7, 11) is 0. The lowest BCUT2D eigenvalue weighted by Crippen LogP contribution is -2.26. The Kier molecular flexibility index (Phi) is 7.80. The first-order valence-electron chi connectivity index (χ1n) is 10.2. The summed E-state index contributed by atoms with van der Waals surface area (Å²) >= 11 is 0. The number of hydrogen-bond donors (Lipinski definition) is 0. The summed E-state index contributed by atoms with van der Waals surface area (Å²) in [5, 5.41) is 0. The molecule has 0 fully saturated rings. The van der Waals surface area contributed by atoms with Crippen LogP contribution >= 0.6 is 0 Å². The minimum absolute atomic E-state index is 0.233. The first kappa shape index (κ1) is 22.9. The van der Waals surface area contributed by atoms with Gasteiger partial charge in [0.05, 0.1) is 12.0 Å². The van der Waals surface area contributed by atoms with Gasteiger partial charge < -0.3 is 13.9 Å². The van der Waals surface area contributed by atoms with Crippen molar-refractivity contribution in [2.24, 2.45) is 5.41 Å². The van der Waals surface area contributed by atoms with E-state index in [0.717, 1.165) is 24.0 Å². The van der Waals surface area contributed by atoms with Gasteiger partial charge in [-0.3, -0.25) is 4.79 Å². The number of carbonyl (C=O) groups is 1. The molecule has 29 heavy (non-hydrogen) atoms. The SMILES string of the molecule is CCCCOCCc1cc(OC(=O)C(C)(C)C)c(-c2ccc(C)cc2C)c(=O)o1. The fourth-order valence-corrected chi connectivity index (χ4v) is 2.83. The third-order valence-corrected chi connectivity index (χ3v) is 4.57. The van der Waals surface area contributed by atoms with E-state index < -0.39 is 17.0 Å². The Balaban J connectivity index is 2.43. The Morgan fingerprint density at radius 2 is 1.83 bits per heavy atom. The van der Waals surface area contributed by atoms with Gasteiger partial charge in [-0.05, 0) is 52.2 Å². The van der Waals surface area contributed by atoms with Crippen molar-refractivity contribution >= 4 is 5.97 Å². The molecule has 0 amide bonds. The van der Waals surface area contributed by atoms with Crippen molar-refractivity contribution < 1.29 is 18.7 Å². The Morgan fingerprint density at radius 3 is 2.45 bits per heavy atom. The fourth-order valence-electron chi connectivity index (χ4n) is 2.83. The number of ether oxygens (including phenoxy) is 2. The second-order valence-electron chi connectivity index (χ2n) is 8.41. The zero-order valence-electron chi connectivity index (χ0n) is 18.4. The van der Waals surface area contributed by atoms with E-state index in [2.05, 4.69) is 6.92 Å². The lowest BCUT2D eigenvalue weighted by Gasteiger charge is -2.18. The topological polar surface area (TPSA) is 65.7 Å². The third kappa shape index (κ3) is 6.29. The van der Waals surface area contributed by atoms with E-state index in [-0.39, 0.29) is 11.3 Å². The fraction of sp³-hybridized carbons (Fsp3) is 0.500. The molecule has 0 atom stereocenters. The standard InChI is InChI=1S/C24H32O5/c1-7-8-12-27-13-11-18-15-20(29-23(26)24(4,5)6)21(22(25)28-18)19-10-9-16(2)14-17(19)3/h9-10,14-15H,7-8,11-13H2,1-6H3.